The molecule has 3 rings (SSSR count). The Bertz CT molecular complexity index is 1360. The fourth-order valence-electron chi connectivity index (χ4n) is 3.39. The Morgan fingerprint density at radius 3 is 2.45 bits per heavy atom. The summed E-state index contributed by atoms with van der Waals surface area (Å²) >= 11 is 0. The molecule has 38 heavy (non-hydrogen) atoms. The first-order chi connectivity index (χ1) is 18.0. The van der Waals surface area contributed by atoms with E-state index in [-0.39, 0.29) is 25.3 Å². The maximum absolute atomic E-state index is 12.6. The number of carbonyl (C=O) groups excluding carboxylic acids is 3. The lowest BCUT2D eigenvalue weighted by molar-refractivity contribution is -0.115. The standard InChI is InChI=1S/C27H31N5O6/c1-5-37-26(36)29-19-10-8-9-18(15-19)17-32-24(34)14-13-22(31-32)20-11-6-7-12-21(20)30-23(33)16-28-25(35)38-27(2,3)4/h6-15H,5,16-17H2,1-4H3,(H,28,35)(H,29,36)(H,30,33). The van der Waals surface area contributed by atoms with Gasteiger partial charge in [0.1, 0.15) is 12.1 Å². The normalized spacial score (nSPS) is 10.8. The number of nitrogens with one attached hydrogen (secondary N) is 3. The van der Waals surface area contributed by atoms with E-state index in [9.17, 15) is 19.2 Å². The lowest BCUT2D eigenvalue weighted by atomic mass is 10.1. The van der Waals surface area contributed by atoms with Gasteiger partial charge < -0.3 is 20.1 Å². The zero-order valence-electron chi connectivity index (χ0n) is 21.7. The minimum Gasteiger partial charge on any atom is -0.450 e. The van der Waals surface area contributed by atoms with Crippen molar-refractivity contribution < 1.29 is 23.9 Å². The molecule has 11 heteroatoms. The lowest BCUT2D eigenvalue weighted by Crippen LogP contribution is -2.37. The van der Waals surface area contributed by atoms with Crippen LogP contribution < -0.4 is 21.5 Å². The van der Waals surface area contributed by atoms with Crippen LogP contribution in [0.5, 0.6) is 0 Å². The molecule has 0 radical (unpaired) electrons. The minimum atomic E-state index is -0.698. The minimum absolute atomic E-state index is 0.152. The number of rotatable bonds is 8. The van der Waals surface area contributed by atoms with Crippen molar-refractivity contribution in [1.82, 2.24) is 15.1 Å². The summed E-state index contributed by atoms with van der Waals surface area (Å²) in [5.41, 5.74) is 1.77. The van der Waals surface area contributed by atoms with Crippen molar-refractivity contribution in [2.75, 3.05) is 23.8 Å². The van der Waals surface area contributed by atoms with Gasteiger partial charge in [0.2, 0.25) is 5.91 Å². The van der Waals surface area contributed by atoms with Gasteiger partial charge in [-0.1, -0.05) is 30.3 Å². The van der Waals surface area contributed by atoms with Crippen molar-refractivity contribution in [3.8, 4) is 11.3 Å². The lowest BCUT2D eigenvalue weighted by Gasteiger charge is -2.19. The Hall–Kier alpha value is -4.67. The van der Waals surface area contributed by atoms with Crippen molar-refractivity contribution in [3.05, 3.63) is 76.6 Å². The topological polar surface area (TPSA) is 141 Å². The Balaban J connectivity index is 1.75. The first-order valence-electron chi connectivity index (χ1n) is 12.0. The van der Waals surface area contributed by atoms with Crippen LogP contribution in [0.25, 0.3) is 11.3 Å². The molecule has 0 unspecified atom stereocenters. The van der Waals surface area contributed by atoms with Crippen LogP contribution in [-0.4, -0.2) is 46.6 Å². The Kier molecular flexibility index (Phi) is 9.20. The summed E-state index contributed by atoms with van der Waals surface area (Å²) in [4.78, 5) is 48.6. The number of amides is 3. The molecule has 0 spiro atoms. The highest BCUT2D eigenvalue weighted by atomic mass is 16.6. The van der Waals surface area contributed by atoms with Gasteiger partial charge in [-0.25, -0.2) is 14.3 Å². The first kappa shape index (κ1) is 27.9. The quantitative estimate of drug-likeness (QED) is 0.407. The number of alkyl carbamates (subject to hydrolysis) is 1. The average Bonchev–Trinajstić information content (AvgIpc) is 2.84. The third kappa shape index (κ3) is 8.47. The summed E-state index contributed by atoms with van der Waals surface area (Å²) in [6.45, 7) is 7.02. The van der Waals surface area contributed by atoms with Crippen LogP contribution in [-0.2, 0) is 20.8 Å². The van der Waals surface area contributed by atoms with Gasteiger partial charge >= 0.3 is 12.2 Å². The Labute approximate surface area is 220 Å². The number of ether oxygens (including phenoxy) is 2. The predicted molar refractivity (Wildman–Crippen MR) is 143 cm³/mol. The fourth-order valence-corrected chi connectivity index (χ4v) is 3.39. The number of benzene rings is 2. The Morgan fingerprint density at radius 1 is 0.947 bits per heavy atom. The van der Waals surface area contributed by atoms with E-state index in [2.05, 4.69) is 21.0 Å². The van der Waals surface area contributed by atoms with Crippen molar-refractivity contribution >= 4 is 29.5 Å². The molecule has 0 aliphatic carbocycles. The summed E-state index contributed by atoms with van der Waals surface area (Å²) in [5, 5.41) is 12.3. The van der Waals surface area contributed by atoms with E-state index in [0.717, 1.165) is 5.56 Å². The van der Waals surface area contributed by atoms with Gasteiger partial charge in [0.25, 0.3) is 5.56 Å². The van der Waals surface area contributed by atoms with E-state index in [1.807, 2.05) is 6.07 Å². The largest absolute Gasteiger partial charge is 0.450 e. The molecule has 0 saturated heterocycles. The molecule has 200 valence electrons. The van der Waals surface area contributed by atoms with Crippen LogP contribution >= 0.6 is 0 Å². The molecule has 1 aromatic heterocycles. The van der Waals surface area contributed by atoms with E-state index >= 15 is 0 Å². The van der Waals surface area contributed by atoms with Crippen LogP contribution in [0.2, 0.25) is 0 Å². The van der Waals surface area contributed by atoms with Crippen molar-refractivity contribution in [2.45, 2.75) is 39.8 Å². The van der Waals surface area contributed by atoms with Gasteiger partial charge in [-0.05, 0) is 57.5 Å². The molecular weight excluding hydrogens is 490 g/mol. The number of para-hydroxylation sites is 1. The number of aromatic nitrogens is 2. The van der Waals surface area contributed by atoms with Crippen molar-refractivity contribution in [3.63, 3.8) is 0 Å². The zero-order valence-corrected chi connectivity index (χ0v) is 21.7. The third-order valence-corrected chi connectivity index (χ3v) is 4.92. The van der Waals surface area contributed by atoms with Crippen molar-refractivity contribution in [2.24, 2.45) is 0 Å². The van der Waals surface area contributed by atoms with Gasteiger partial charge in [0.05, 0.1) is 24.5 Å². The molecule has 3 amide bonds. The SMILES string of the molecule is CCOC(=O)Nc1cccc(Cn2nc(-c3ccccc3NC(=O)CNC(=O)OC(C)(C)C)ccc2=O)c1. The van der Waals surface area contributed by atoms with E-state index in [1.54, 1.807) is 76.2 Å². The fraction of sp³-hybridized carbons (Fsp3) is 0.296. The van der Waals surface area contributed by atoms with Gasteiger partial charge in [-0.3, -0.25) is 14.9 Å². The molecular formula is C27H31N5O6. The second-order valence-electron chi connectivity index (χ2n) is 9.21. The number of nitrogens with zero attached hydrogens (tertiary/aromatic N) is 2. The molecule has 3 aromatic rings. The van der Waals surface area contributed by atoms with Crippen molar-refractivity contribution in [1.29, 1.82) is 0 Å². The number of carbonyl (C=O) groups is 3. The summed E-state index contributed by atoms with van der Waals surface area (Å²) in [6.07, 6.45) is -1.27. The van der Waals surface area contributed by atoms with Gasteiger partial charge in [0.15, 0.2) is 0 Å². The zero-order chi connectivity index (χ0) is 27.7. The van der Waals surface area contributed by atoms with Gasteiger partial charge in [0, 0.05) is 17.3 Å². The van der Waals surface area contributed by atoms with Crippen LogP contribution in [0.15, 0.2) is 65.5 Å². The molecule has 0 aliphatic heterocycles. The first-order valence-corrected chi connectivity index (χ1v) is 12.0. The van der Waals surface area contributed by atoms with E-state index in [1.165, 1.54) is 10.7 Å². The molecule has 11 nitrogen and oxygen atoms in total. The van der Waals surface area contributed by atoms with Gasteiger partial charge in [-0.2, -0.15) is 5.10 Å². The molecule has 0 fully saturated rings. The van der Waals surface area contributed by atoms with Crippen LogP contribution in [0.3, 0.4) is 0 Å². The molecule has 3 N–H and O–H groups in total. The van der Waals surface area contributed by atoms with Crippen LogP contribution in [0, 0.1) is 0 Å². The second kappa shape index (κ2) is 12.5. The Morgan fingerprint density at radius 2 is 1.71 bits per heavy atom. The van der Waals surface area contributed by atoms with Crippen LogP contribution in [0.4, 0.5) is 21.0 Å². The molecule has 2 aromatic carbocycles. The highest BCUT2D eigenvalue weighted by molar-refractivity contribution is 5.97. The predicted octanol–water partition coefficient (Wildman–Crippen LogP) is 3.99. The molecule has 0 saturated carbocycles. The van der Waals surface area contributed by atoms with E-state index in [0.29, 0.717) is 22.6 Å². The second-order valence-corrected chi connectivity index (χ2v) is 9.21. The smallest absolute Gasteiger partial charge is 0.411 e. The number of hydrogen-bond donors (Lipinski definition) is 3. The molecule has 0 atom stereocenters. The summed E-state index contributed by atoms with van der Waals surface area (Å²) in [6, 6.07) is 17.0. The summed E-state index contributed by atoms with van der Waals surface area (Å²) < 4.78 is 11.3. The highest BCUT2D eigenvalue weighted by Gasteiger charge is 2.17. The maximum Gasteiger partial charge on any atom is 0.411 e. The van der Waals surface area contributed by atoms with Crippen LogP contribution in [0.1, 0.15) is 33.3 Å². The monoisotopic (exact) mass is 521 g/mol. The highest BCUT2D eigenvalue weighted by Crippen LogP contribution is 2.25. The number of hydrogen-bond acceptors (Lipinski definition) is 7. The maximum atomic E-state index is 12.6. The van der Waals surface area contributed by atoms with Gasteiger partial charge in [-0.15, -0.1) is 0 Å². The summed E-state index contributed by atoms with van der Waals surface area (Å²) in [5.74, 6) is -0.456. The summed E-state index contributed by atoms with van der Waals surface area (Å²) in [7, 11) is 0. The third-order valence-electron chi connectivity index (χ3n) is 4.92. The van der Waals surface area contributed by atoms with E-state index in [4.69, 9.17) is 9.47 Å². The number of anilines is 2. The molecule has 0 aliphatic rings. The average molecular weight is 522 g/mol. The van der Waals surface area contributed by atoms with E-state index < -0.39 is 23.7 Å². The molecule has 0 bridgehead atoms. The molecule has 1 heterocycles.